The number of carbonyl (C=O) groups excluding carboxylic acids is 2. The Balaban J connectivity index is 2.78. The molecule has 0 N–H and O–H groups in total. The summed E-state index contributed by atoms with van der Waals surface area (Å²) in [6, 6.07) is 0.470. The third-order valence-corrected chi connectivity index (χ3v) is 4.09. The summed E-state index contributed by atoms with van der Waals surface area (Å²) >= 11 is 0. The van der Waals surface area contributed by atoms with Crippen LogP contribution in [-0.2, 0) is 9.59 Å². The standard InChI is InChI=1S/C17H27NO2/c1-6-7-15(16(19)11-8-12(2)3)17(20)18-13(4)9-10-14(18)5/h6,13-15H,1-2,7-11H2,3-5H3/t13-,14-,15?/m1/s1. The molecule has 112 valence electrons. The first kappa shape index (κ1) is 16.7. The molecule has 0 aromatic carbocycles. The van der Waals surface area contributed by atoms with Gasteiger partial charge >= 0.3 is 0 Å². The monoisotopic (exact) mass is 277 g/mol. The van der Waals surface area contributed by atoms with Gasteiger partial charge in [-0.05, 0) is 46.5 Å². The zero-order valence-corrected chi connectivity index (χ0v) is 13.0. The average molecular weight is 277 g/mol. The van der Waals surface area contributed by atoms with E-state index in [0.717, 1.165) is 18.4 Å². The van der Waals surface area contributed by atoms with Crippen molar-refractivity contribution in [3.05, 3.63) is 24.8 Å². The highest BCUT2D eigenvalue weighted by molar-refractivity contribution is 6.01. The number of hydrogen-bond donors (Lipinski definition) is 0. The van der Waals surface area contributed by atoms with Crippen LogP contribution in [0.25, 0.3) is 0 Å². The minimum absolute atomic E-state index is 0.0178. The lowest BCUT2D eigenvalue weighted by Crippen LogP contribution is -2.44. The van der Waals surface area contributed by atoms with Crippen LogP contribution in [0.5, 0.6) is 0 Å². The summed E-state index contributed by atoms with van der Waals surface area (Å²) < 4.78 is 0. The van der Waals surface area contributed by atoms with E-state index in [1.165, 1.54) is 0 Å². The molecule has 0 aromatic rings. The number of allylic oxidation sites excluding steroid dienone is 2. The Morgan fingerprint density at radius 3 is 2.25 bits per heavy atom. The lowest BCUT2D eigenvalue weighted by atomic mass is 9.93. The van der Waals surface area contributed by atoms with E-state index in [4.69, 9.17) is 0 Å². The fourth-order valence-corrected chi connectivity index (χ4v) is 2.86. The summed E-state index contributed by atoms with van der Waals surface area (Å²) in [5.74, 6) is -0.562. The van der Waals surface area contributed by atoms with Gasteiger partial charge in [-0.1, -0.05) is 11.6 Å². The molecule has 1 rings (SSSR count). The van der Waals surface area contributed by atoms with Crippen LogP contribution in [-0.4, -0.2) is 28.7 Å². The van der Waals surface area contributed by atoms with Gasteiger partial charge in [0.2, 0.25) is 5.91 Å². The molecule has 1 aliphatic heterocycles. The van der Waals surface area contributed by atoms with Gasteiger partial charge in [0.1, 0.15) is 11.7 Å². The largest absolute Gasteiger partial charge is 0.337 e. The highest BCUT2D eigenvalue weighted by Crippen LogP contribution is 2.27. The van der Waals surface area contributed by atoms with E-state index in [-0.39, 0.29) is 23.8 Å². The van der Waals surface area contributed by atoms with E-state index in [0.29, 0.717) is 19.3 Å². The molecule has 1 amide bonds. The van der Waals surface area contributed by atoms with Crippen molar-refractivity contribution in [1.82, 2.24) is 4.90 Å². The fourth-order valence-electron chi connectivity index (χ4n) is 2.86. The molecule has 20 heavy (non-hydrogen) atoms. The Bertz CT molecular complexity index is 390. The number of nitrogens with zero attached hydrogens (tertiary/aromatic N) is 1. The van der Waals surface area contributed by atoms with E-state index >= 15 is 0 Å². The first-order valence-electron chi connectivity index (χ1n) is 7.48. The fraction of sp³-hybridized carbons (Fsp3) is 0.647. The zero-order chi connectivity index (χ0) is 15.3. The van der Waals surface area contributed by atoms with Gasteiger partial charge in [0.25, 0.3) is 0 Å². The molecule has 0 radical (unpaired) electrons. The molecule has 0 spiro atoms. The minimum Gasteiger partial charge on any atom is -0.337 e. The Morgan fingerprint density at radius 2 is 1.80 bits per heavy atom. The van der Waals surface area contributed by atoms with Crippen LogP contribution in [0.15, 0.2) is 24.8 Å². The molecule has 0 aromatic heterocycles. The predicted molar refractivity (Wildman–Crippen MR) is 82.4 cm³/mol. The molecule has 1 heterocycles. The Hall–Kier alpha value is -1.38. The normalized spacial score (nSPS) is 23.4. The number of ketones is 1. The summed E-state index contributed by atoms with van der Waals surface area (Å²) in [6.45, 7) is 13.5. The molecule has 1 saturated heterocycles. The van der Waals surface area contributed by atoms with Gasteiger partial charge < -0.3 is 4.90 Å². The SMILES string of the molecule is C=CCC(C(=O)CCC(=C)C)C(=O)N1[C@H](C)CC[C@H]1C. The smallest absolute Gasteiger partial charge is 0.233 e. The summed E-state index contributed by atoms with van der Waals surface area (Å²) in [5, 5.41) is 0. The third kappa shape index (κ3) is 4.06. The molecule has 3 heteroatoms. The molecule has 0 saturated carbocycles. The van der Waals surface area contributed by atoms with Crippen LogP contribution in [0.3, 0.4) is 0 Å². The van der Waals surface area contributed by atoms with E-state index in [1.807, 2.05) is 11.8 Å². The Labute approximate surface area is 122 Å². The first-order chi connectivity index (χ1) is 9.38. The molecule has 1 aliphatic rings. The van der Waals surface area contributed by atoms with Crippen LogP contribution in [0, 0.1) is 5.92 Å². The quantitative estimate of drug-likeness (QED) is 0.527. The Kier molecular flexibility index (Phi) is 6.18. The van der Waals surface area contributed by atoms with Crippen LogP contribution in [0.2, 0.25) is 0 Å². The van der Waals surface area contributed by atoms with Gasteiger partial charge in [-0.25, -0.2) is 0 Å². The Morgan fingerprint density at radius 1 is 1.25 bits per heavy atom. The lowest BCUT2D eigenvalue weighted by molar-refractivity contribution is -0.143. The molecule has 3 atom stereocenters. The minimum atomic E-state index is -0.560. The molecule has 1 fully saturated rings. The van der Waals surface area contributed by atoms with Gasteiger partial charge in [0, 0.05) is 18.5 Å². The van der Waals surface area contributed by atoms with E-state index in [1.54, 1.807) is 6.08 Å². The maximum atomic E-state index is 12.7. The van der Waals surface area contributed by atoms with Crippen molar-refractivity contribution in [1.29, 1.82) is 0 Å². The second-order valence-corrected chi connectivity index (χ2v) is 6.02. The van der Waals surface area contributed by atoms with Gasteiger partial charge in [-0.3, -0.25) is 9.59 Å². The molecule has 0 aliphatic carbocycles. The first-order valence-corrected chi connectivity index (χ1v) is 7.48. The van der Waals surface area contributed by atoms with Crippen molar-refractivity contribution in [3.63, 3.8) is 0 Å². The van der Waals surface area contributed by atoms with E-state index < -0.39 is 5.92 Å². The zero-order valence-electron chi connectivity index (χ0n) is 13.0. The molecular formula is C17H27NO2. The third-order valence-electron chi connectivity index (χ3n) is 4.09. The maximum Gasteiger partial charge on any atom is 0.233 e. The van der Waals surface area contributed by atoms with Crippen LogP contribution < -0.4 is 0 Å². The number of likely N-dealkylation sites (tertiary alicyclic amines) is 1. The summed E-state index contributed by atoms with van der Waals surface area (Å²) in [7, 11) is 0. The van der Waals surface area contributed by atoms with Crippen molar-refractivity contribution in [3.8, 4) is 0 Å². The number of carbonyl (C=O) groups is 2. The summed E-state index contributed by atoms with van der Waals surface area (Å²) in [4.78, 5) is 26.9. The second-order valence-electron chi connectivity index (χ2n) is 6.02. The maximum absolute atomic E-state index is 12.7. The van der Waals surface area contributed by atoms with Crippen LogP contribution >= 0.6 is 0 Å². The average Bonchev–Trinajstić information content (AvgIpc) is 2.72. The number of amides is 1. The number of Topliss-reactive ketones (excluding diaryl/α,β-unsaturated/α-hetero) is 1. The van der Waals surface area contributed by atoms with E-state index in [2.05, 4.69) is 27.0 Å². The van der Waals surface area contributed by atoms with Gasteiger partial charge in [0.15, 0.2) is 0 Å². The van der Waals surface area contributed by atoms with Crippen molar-refractivity contribution >= 4 is 11.7 Å². The number of rotatable bonds is 7. The van der Waals surface area contributed by atoms with Crippen LogP contribution in [0.4, 0.5) is 0 Å². The summed E-state index contributed by atoms with van der Waals surface area (Å²) in [5.41, 5.74) is 0.978. The molecular weight excluding hydrogens is 250 g/mol. The van der Waals surface area contributed by atoms with Crippen molar-refractivity contribution in [2.45, 2.75) is 65.0 Å². The summed E-state index contributed by atoms with van der Waals surface area (Å²) in [6.07, 6.45) is 5.21. The molecule has 1 unspecified atom stereocenters. The highest BCUT2D eigenvalue weighted by Gasteiger charge is 2.37. The molecule has 0 bridgehead atoms. The van der Waals surface area contributed by atoms with Gasteiger partial charge in [-0.15, -0.1) is 13.2 Å². The van der Waals surface area contributed by atoms with Crippen molar-refractivity contribution in [2.75, 3.05) is 0 Å². The topological polar surface area (TPSA) is 37.4 Å². The van der Waals surface area contributed by atoms with E-state index in [9.17, 15) is 9.59 Å². The van der Waals surface area contributed by atoms with Crippen LogP contribution in [0.1, 0.15) is 52.9 Å². The predicted octanol–water partition coefficient (Wildman–Crippen LogP) is 3.50. The highest BCUT2D eigenvalue weighted by atomic mass is 16.2. The lowest BCUT2D eigenvalue weighted by Gasteiger charge is -2.29. The van der Waals surface area contributed by atoms with Gasteiger partial charge in [0.05, 0.1) is 0 Å². The van der Waals surface area contributed by atoms with Crippen molar-refractivity contribution in [2.24, 2.45) is 5.92 Å². The van der Waals surface area contributed by atoms with Crippen molar-refractivity contribution < 1.29 is 9.59 Å². The number of hydrogen-bond acceptors (Lipinski definition) is 2. The van der Waals surface area contributed by atoms with Gasteiger partial charge in [-0.2, -0.15) is 0 Å². The second kappa shape index (κ2) is 7.41. The molecule has 3 nitrogen and oxygen atoms in total.